The number of rotatable bonds is 1. The van der Waals surface area contributed by atoms with Crippen LogP contribution in [-0.4, -0.2) is 5.11 Å². The molecule has 0 saturated carbocycles. The summed E-state index contributed by atoms with van der Waals surface area (Å²) >= 11 is 0. The maximum atomic E-state index is 9.32. The monoisotopic (exact) mass is 162 g/mol. The maximum Gasteiger partial charge on any atom is 0.139 e. The second-order valence-corrected chi connectivity index (χ2v) is 2.86. The third-order valence-electron chi connectivity index (χ3n) is 1.92. The average Bonchev–Trinajstić information content (AvgIpc) is 2.47. The molecule has 0 bridgehead atoms. The Balaban J connectivity index is 2.70. The SMILES string of the molecule is CC(O)c1occ2ccccc12. The molecule has 0 fully saturated rings. The molecule has 0 aliphatic carbocycles. The lowest BCUT2D eigenvalue weighted by molar-refractivity contribution is 0.171. The summed E-state index contributed by atoms with van der Waals surface area (Å²) < 4.78 is 5.23. The third-order valence-corrected chi connectivity index (χ3v) is 1.92. The lowest BCUT2D eigenvalue weighted by Crippen LogP contribution is -1.87. The van der Waals surface area contributed by atoms with Gasteiger partial charge in [0, 0.05) is 10.8 Å². The van der Waals surface area contributed by atoms with Gasteiger partial charge in [-0.3, -0.25) is 0 Å². The van der Waals surface area contributed by atoms with Crippen LogP contribution in [0.1, 0.15) is 18.8 Å². The van der Waals surface area contributed by atoms with Crippen LogP contribution in [0, 0.1) is 0 Å². The summed E-state index contributed by atoms with van der Waals surface area (Å²) in [4.78, 5) is 0. The van der Waals surface area contributed by atoms with E-state index in [1.54, 1.807) is 13.2 Å². The van der Waals surface area contributed by atoms with Gasteiger partial charge in [0.05, 0.1) is 6.26 Å². The highest BCUT2D eigenvalue weighted by Crippen LogP contribution is 2.25. The molecule has 2 rings (SSSR count). The summed E-state index contributed by atoms with van der Waals surface area (Å²) in [6, 6.07) is 7.79. The molecule has 1 aromatic heterocycles. The van der Waals surface area contributed by atoms with Gasteiger partial charge in [0.25, 0.3) is 0 Å². The Labute approximate surface area is 70.4 Å². The normalized spacial score (nSPS) is 13.5. The van der Waals surface area contributed by atoms with Crippen molar-refractivity contribution in [1.82, 2.24) is 0 Å². The standard InChI is InChI=1S/C10H10O2/c1-7(11)10-9-5-3-2-4-8(9)6-12-10/h2-7,11H,1H3. The van der Waals surface area contributed by atoms with Gasteiger partial charge in [-0.15, -0.1) is 0 Å². The number of hydrogen-bond donors (Lipinski definition) is 1. The van der Waals surface area contributed by atoms with E-state index in [4.69, 9.17) is 4.42 Å². The Morgan fingerprint density at radius 1 is 1.33 bits per heavy atom. The van der Waals surface area contributed by atoms with Gasteiger partial charge in [-0.1, -0.05) is 24.3 Å². The third kappa shape index (κ3) is 1.01. The molecule has 0 aliphatic heterocycles. The fourth-order valence-corrected chi connectivity index (χ4v) is 1.34. The van der Waals surface area contributed by atoms with E-state index in [9.17, 15) is 5.11 Å². The van der Waals surface area contributed by atoms with Crippen molar-refractivity contribution in [3.63, 3.8) is 0 Å². The first-order valence-corrected chi connectivity index (χ1v) is 3.93. The first-order valence-electron chi connectivity index (χ1n) is 3.93. The van der Waals surface area contributed by atoms with Crippen molar-refractivity contribution < 1.29 is 9.52 Å². The van der Waals surface area contributed by atoms with Crippen LogP contribution in [0.15, 0.2) is 34.9 Å². The molecule has 1 N–H and O–H groups in total. The minimum absolute atomic E-state index is 0.537. The summed E-state index contributed by atoms with van der Waals surface area (Å²) in [7, 11) is 0. The van der Waals surface area contributed by atoms with Crippen LogP contribution in [0.5, 0.6) is 0 Å². The second-order valence-electron chi connectivity index (χ2n) is 2.86. The molecular formula is C10H10O2. The minimum Gasteiger partial charge on any atom is -0.465 e. The van der Waals surface area contributed by atoms with E-state index < -0.39 is 6.10 Å². The van der Waals surface area contributed by atoms with Gasteiger partial charge < -0.3 is 9.52 Å². The van der Waals surface area contributed by atoms with Gasteiger partial charge in [0.15, 0.2) is 0 Å². The smallest absolute Gasteiger partial charge is 0.139 e. The molecule has 0 saturated heterocycles. The van der Waals surface area contributed by atoms with Crippen LogP contribution in [0.25, 0.3) is 10.8 Å². The Kier molecular flexibility index (Phi) is 1.62. The second kappa shape index (κ2) is 2.64. The first kappa shape index (κ1) is 7.37. The van der Waals surface area contributed by atoms with Crippen molar-refractivity contribution in [2.75, 3.05) is 0 Å². The Morgan fingerprint density at radius 2 is 2.08 bits per heavy atom. The van der Waals surface area contributed by atoms with Crippen LogP contribution >= 0.6 is 0 Å². The molecule has 1 atom stereocenters. The van der Waals surface area contributed by atoms with Gasteiger partial charge >= 0.3 is 0 Å². The fourth-order valence-electron chi connectivity index (χ4n) is 1.34. The number of aliphatic hydroxyl groups excluding tert-OH is 1. The number of benzene rings is 1. The zero-order valence-corrected chi connectivity index (χ0v) is 6.82. The molecular weight excluding hydrogens is 152 g/mol. The lowest BCUT2D eigenvalue weighted by atomic mass is 10.1. The van der Waals surface area contributed by atoms with Gasteiger partial charge in [-0.05, 0) is 6.92 Å². The fraction of sp³-hybridized carbons (Fsp3) is 0.200. The van der Waals surface area contributed by atoms with Crippen molar-refractivity contribution in [2.45, 2.75) is 13.0 Å². The van der Waals surface area contributed by atoms with Crippen LogP contribution in [0.4, 0.5) is 0 Å². The topological polar surface area (TPSA) is 33.4 Å². The molecule has 1 aromatic carbocycles. The predicted octanol–water partition coefficient (Wildman–Crippen LogP) is 2.49. The highest BCUT2D eigenvalue weighted by Gasteiger charge is 2.09. The molecule has 12 heavy (non-hydrogen) atoms. The molecule has 0 radical (unpaired) electrons. The van der Waals surface area contributed by atoms with Crippen LogP contribution in [0.3, 0.4) is 0 Å². The van der Waals surface area contributed by atoms with Crippen molar-refractivity contribution in [3.8, 4) is 0 Å². The number of fused-ring (bicyclic) bond motifs is 1. The largest absolute Gasteiger partial charge is 0.465 e. The van der Waals surface area contributed by atoms with Crippen LogP contribution in [0.2, 0.25) is 0 Å². The summed E-state index contributed by atoms with van der Waals surface area (Å²) in [5.74, 6) is 0.644. The van der Waals surface area contributed by atoms with Crippen LogP contribution < -0.4 is 0 Å². The lowest BCUT2D eigenvalue weighted by Gasteiger charge is -1.98. The Bertz CT molecular complexity index is 387. The summed E-state index contributed by atoms with van der Waals surface area (Å²) in [5, 5.41) is 11.3. The highest BCUT2D eigenvalue weighted by molar-refractivity contribution is 5.84. The Morgan fingerprint density at radius 3 is 2.83 bits per heavy atom. The molecule has 2 heteroatoms. The average molecular weight is 162 g/mol. The van der Waals surface area contributed by atoms with Crippen LogP contribution in [-0.2, 0) is 0 Å². The van der Waals surface area contributed by atoms with E-state index in [1.165, 1.54) is 0 Å². The van der Waals surface area contributed by atoms with Gasteiger partial charge in [0.1, 0.15) is 11.9 Å². The molecule has 1 unspecified atom stereocenters. The summed E-state index contributed by atoms with van der Waals surface area (Å²) in [6.07, 6.45) is 1.13. The van der Waals surface area contributed by atoms with Crippen molar-refractivity contribution in [1.29, 1.82) is 0 Å². The van der Waals surface area contributed by atoms with E-state index in [0.29, 0.717) is 5.76 Å². The van der Waals surface area contributed by atoms with E-state index >= 15 is 0 Å². The summed E-state index contributed by atoms with van der Waals surface area (Å²) in [6.45, 7) is 1.70. The zero-order valence-electron chi connectivity index (χ0n) is 6.82. The molecule has 0 aliphatic rings. The first-order chi connectivity index (χ1) is 5.79. The number of hydrogen-bond acceptors (Lipinski definition) is 2. The molecule has 62 valence electrons. The summed E-state index contributed by atoms with van der Waals surface area (Å²) in [5.41, 5.74) is 0. The highest BCUT2D eigenvalue weighted by atomic mass is 16.4. The van der Waals surface area contributed by atoms with Crippen molar-refractivity contribution >= 4 is 10.8 Å². The Hall–Kier alpha value is -1.28. The van der Waals surface area contributed by atoms with E-state index in [-0.39, 0.29) is 0 Å². The van der Waals surface area contributed by atoms with Gasteiger partial charge in [-0.2, -0.15) is 0 Å². The van der Waals surface area contributed by atoms with E-state index in [0.717, 1.165) is 10.8 Å². The number of aliphatic hydroxyl groups is 1. The quantitative estimate of drug-likeness (QED) is 0.698. The number of furan rings is 1. The molecule has 2 nitrogen and oxygen atoms in total. The van der Waals surface area contributed by atoms with Crippen molar-refractivity contribution in [3.05, 3.63) is 36.3 Å². The van der Waals surface area contributed by atoms with E-state index in [1.807, 2.05) is 24.3 Å². The molecule has 2 aromatic rings. The molecule has 0 amide bonds. The molecule has 1 heterocycles. The predicted molar refractivity (Wildman–Crippen MR) is 46.8 cm³/mol. The van der Waals surface area contributed by atoms with E-state index in [2.05, 4.69) is 0 Å². The zero-order chi connectivity index (χ0) is 8.55. The molecule has 0 spiro atoms. The minimum atomic E-state index is -0.537. The van der Waals surface area contributed by atoms with Gasteiger partial charge in [0.2, 0.25) is 0 Å². The van der Waals surface area contributed by atoms with Crippen molar-refractivity contribution in [2.24, 2.45) is 0 Å². The van der Waals surface area contributed by atoms with Gasteiger partial charge in [-0.25, -0.2) is 0 Å². The maximum absolute atomic E-state index is 9.32.